The fraction of sp³-hybridized carbons (Fsp3) is 0.357. The van der Waals surface area contributed by atoms with Gasteiger partial charge in [0, 0.05) is 24.3 Å². The molecule has 0 spiro atoms. The van der Waals surface area contributed by atoms with Crippen LogP contribution in [0.3, 0.4) is 0 Å². The zero-order chi connectivity index (χ0) is 14.9. The number of benzene rings is 1. The summed E-state index contributed by atoms with van der Waals surface area (Å²) in [5.41, 5.74) is 1.48. The molecule has 2 N–H and O–H groups in total. The molecule has 2 rings (SSSR count). The molecule has 6 nitrogen and oxygen atoms in total. The van der Waals surface area contributed by atoms with E-state index >= 15 is 0 Å². The molecule has 3 amide bonds. The Morgan fingerprint density at radius 3 is 2.45 bits per heavy atom. The number of hydrogen-bond donors (Lipinski definition) is 2. The smallest absolute Gasteiger partial charge is 0.310 e. The number of rotatable bonds is 2. The van der Waals surface area contributed by atoms with Crippen LogP contribution in [0.25, 0.3) is 0 Å². The van der Waals surface area contributed by atoms with Gasteiger partial charge in [0.1, 0.15) is 6.04 Å². The van der Waals surface area contributed by atoms with Crippen molar-refractivity contribution in [3.05, 3.63) is 29.8 Å². The van der Waals surface area contributed by atoms with Gasteiger partial charge in [-0.1, -0.05) is 18.2 Å². The van der Waals surface area contributed by atoms with Gasteiger partial charge in [-0.25, -0.2) is 0 Å². The van der Waals surface area contributed by atoms with Gasteiger partial charge in [-0.2, -0.15) is 0 Å². The van der Waals surface area contributed by atoms with Gasteiger partial charge in [0.15, 0.2) is 0 Å². The van der Waals surface area contributed by atoms with E-state index in [9.17, 15) is 14.4 Å². The monoisotopic (exact) mass is 275 g/mol. The van der Waals surface area contributed by atoms with Crippen LogP contribution < -0.4 is 15.5 Å². The third-order valence-corrected chi connectivity index (χ3v) is 3.22. The molecular weight excluding hydrogens is 258 g/mol. The van der Waals surface area contributed by atoms with Crippen LogP contribution in [-0.2, 0) is 14.4 Å². The fourth-order valence-corrected chi connectivity index (χ4v) is 2.32. The number of fused-ring (bicyclic) bond motifs is 1. The molecule has 1 aromatic rings. The lowest BCUT2D eigenvalue weighted by atomic mass is 10.1. The van der Waals surface area contributed by atoms with E-state index in [0.29, 0.717) is 5.56 Å². The molecule has 0 bridgehead atoms. The lowest BCUT2D eigenvalue weighted by Crippen LogP contribution is -2.44. The minimum Gasteiger partial charge on any atom is -0.351 e. The largest absolute Gasteiger partial charge is 0.351 e. The third kappa shape index (κ3) is 2.24. The normalized spacial score (nSPS) is 17.1. The maximum atomic E-state index is 12.4. The summed E-state index contributed by atoms with van der Waals surface area (Å²) < 4.78 is 0. The molecule has 0 fully saturated rings. The van der Waals surface area contributed by atoms with Gasteiger partial charge >= 0.3 is 11.8 Å². The molecule has 106 valence electrons. The number of carbonyl (C=O) groups excluding carboxylic acids is 3. The van der Waals surface area contributed by atoms with Crippen LogP contribution in [-0.4, -0.2) is 30.8 Å². The molecule has 0 aliphatic carbocycles. The fourth-order valence-electron chi connectivity index (χ4n) is 2.32. The van der Waals surface area contributed by atoms with E-state index < -0.39 is 17.9 Å². The molecule has 20 heavy (non-hydrogen) atoms. The van der Waals surface area contributed by atoms with Gasteiger partial charge in [-0.05, 0) is 19.9 Å². The predicted molar refractivity (Wildman–Crippen MR) is 74.0 cm³/mol. The van der Waals surface area contributed by atoms with Crippen LogP contribution in [0, 0.1) is 0 Å². The summed E-state index contributed by atoms with van der Waals surface area (Å²) in [6.07, 6.45) is 0. The molecule has 6 heteroatoms. The number of carbonyl (C=O) groups is 3. The van der Waals surface area contributed by atoms with Crippen molar-refractivity contribution in [3.8, 4) is 0 Å². The van der Waals surface area contributed by atoms with Gasteiger partial charge in [0.2, 0.25) is 0 Å². The van der Waals surface area contributed by atoms with Crippen molar-refractivity contribution in [2.24, 2.45) is 0 Å². The summed E-state index contributed by atoms with van der Waals surface area (Å²) in [5.74, 6) is -1.80. The summed E-state index contributed by atoms with van der Waals surface area (Å²) in [6.45, 7) is 3.80. The first kappa shape index (κ1) is 14.0. The van der Waals surface area contributed by atoms with Crippen molar-refractivity contribution >= 4 is 23.4 Å². The van der Waals surface area contributed by atoms with Crippen molar-refractivity contribution in [2.75, 3.05) is 11.9 Å². The molecule has 0 aromatic heterocycles. The Balaban J connectivity index is 2.33. The molecule has 1 aliphatic rings. The van der Waals surface area contributed by atoms with Gasteiger partial charge in [0.25, 0.3) is 5.91 Å². The topological polar surface area (TPSA) is 78.5 Å². The standard InChI is InChI=1S/C14H17N3O3/c1-8(2)17-10-7-5-4-6-9(10)11(14(17)20)16-13(19)12(18)15-3/h4-8,11H,1-3H3,(H,15,18)(H,16,19)/t11-/m1/s1. The number of anilines is 1. The first-order chi connectivity index (χ1) is 9.47. The van der Waals surface area contributed by atoms with Crippen molar-refractivity contribution < 1.29 is 14.4 Å². The first-order valence-corrected chi connectivity index (χ1v) is 6.42. The molecule has 0 unspecified atom stereocenters. The molecule has 1 aromatic carbocycles. The van der Waals surface area contributed by atoms with Gasteiger partial charge < -0.3 is 15.5 Å². The molecular formula is C14H17N3O3. The second kappa shape index (κ2) is 5.32. The maximum absolute atomic E-state index is 12.4. The Morgan fingerprint density at radius 1 is 1.20 bits per heavy atom. The maximum Gasteiger partial charge on any atom is 0.310 e. The van der Waals surface area contributed by atoms with E-state index in [1.54, 1.807) is 17.0 Å². The van der Waals surface area contributed by atoms with E-state index in [1.807, 2.05) is 26.0 Å². The molecule has 0 radical (unpaired) electrons. The number of amides is 3. The number of hydrogen-bond acceptors (Lipinski definition) is 3. The highest BCUT2D eigenvalue weighted by molar-refractivity contribution is 6.35. The lowest BCUT2D eigenvalue weighted by Gasteiger charge is -2.22. The van der Waals surface area contributed by atoms with Gasteiger partial charge in [-0.15, -0.1) is 0 Å². The zero-order valence-electron chi connectivity index (χ0n) is 11.6. The quantitative estimate of drug-likeness (QED) is 0.764. The van der Waals surface area contributed by atoms with Crippen LogP contribution >= 0.6 is 0 Å². The Labute approximate surface area is 117 Å². The minimum absolute atomic E-state index is 0.0226. The Bertz CT molecular complexity index is 569. The van der Waals surface area contributed by atoms with E-state index in [0.717, 1.165) is 5.69 Å². The lowest BCUT2D eigenvalue weighted by molar-refractivity contribution is -0.140. The summed E-state index contributed by atoms with van der Waals surface area (Å²) in [7, 11) is 1.37. The number of nitrogens with zero attached hydrogens (tertiary/aromatic N) is 1. The molecule has 0 saturated heterocycles. The Morgan fingerprint density at radius 2 is 1.85 bits per heavy atom. The number of para-hydroxylation sites is 1. The van der Waals surface area contributed by atoms with E-state index in [-0.39, 0.29) is 11.9 Å². The second-order valence-electron chi connectivity index (χ2n) is 4.85. The predicted octanol–water partition coefficient (Wildman–Crippen LogP) is 0.345. The van der Waals surface area contributed by atoms with Crippen LogP contribution in [0.4, 0.5) is 5.69 Å². The molecule has 1 heterocycles. The molecule has 0 saturated carbocycles. The highest BCUT2D eigenvalue weighted by Crippen LogP contribution is 2.36. The van der Waals surface area contributed by atoms with E-state index in [1.165, 1.54) is 7.05 Å². The number of likely N-dealkylation sites (N-methyl/N-ethyl adjacent to an activating group) is 1. The van der Waals surface area contributed by atoms with Crippen LogP contribution in [0.15, 0.2) is 24.3 Å². The summed E-state index contributed by atoms with van der Waals surface area (Å²) in [5, 5.41) is 4.71. The van der Waals surface area contributed by atoms with Gasteiger partial charge in [-0.3, -0.25) is 14.4 Å². The van der Waals surface area contributed by atoms with Crippen molar-refractivity contribution in [3.63, 3.8) is 0 Å². The minimum atomic E-state index is -0.814. The average molecular weight is 275 g/mol. The van der Waals surface area contributed by atoms with Crippen molar-refractivity contribution in [1.82, 2.24) is 10.6 Å². The summed E-state index contributed by atoms with van der Waals surface area (Å²) in [6, 6.07) is 6.42. The molecule has 1 atom stereocenters. The SMILES string of the molecule is CNC(=O)C(=O)N[C@H]1C(=O)N(C(C)C)c2ccccc21. The van der Waals surface area contributed by atoms with Crippen LogP contribution in [0.1, 0.15) is 25.5 Å². The van der Waals surface area contributed by atoms with Gasteiger partial charge in [0.05, 0.1) is 0 Å². The highest BCUT2D eigenvalue weighted by Gasteiger charge is 2.39. The second-order valence-corrected chi connectivity index (χ2v) is 4.85. The van der Waals surface area contributed by atoms with Crippen molar-refractivity contribution in [2.45, 2.75) is 25.9 Å². The van der Waals surface area contributed by atoms with Crippen LogP contribution in [0.5, 0.6) is 0 Å². The number of nitrogens with one attached hydrogen (secondary N) is 2. The van der Waals surface area contributed by atoms with Crippen molar-refractivity contribution in [1.29, 1.82) is 0 Å². The van der Waals surface area contributed by atoms with E-state index in [2.05, 4.69) is 10.6 Å². The third-order valence-electron chi connectivity index (χ3n) is 3.22. The van der Waals surface area contributed by atoms with E-state index in [4.69, 9.17) is 0 Å². The zero-order valence-corrected chi connectivity index (χ0v) is 11.6. The first-order valence-electron chi connectivity index (χ1n) is 6.42. The Kier molecular flexibility index (Phi) is 3.74. The van der Waals surface area contributed by atoms with Crippen LogP contribution in [0.2, 0.25) is 0 Å². The highest BCUT2D eigenvalue weighted by atomic mass is 16.2. The summed E-state index contributed by atoms with van der Waals surface area (Å²) >= 11 is 0. The summed E-state index contributed by atoms with van der Waals surface area (Å²) in [4.78, 5) is 37.0. The Hall–Kier alpha value is -2.37. The average Bonchev–Trinajstić information content (AvgIpc) is 2.70. The molecule has 1 aliphatic heterocycles.